The topological polar surface area (TPSA) is 150 Å². The first-order valence-electron chi connectivity index (χ1n) is 8.24. The summed E-state index contributed by atoms with van der Waals surface area (Å²) in [7, 11) is 0. The average molecular weight is 375 g/mol. The van der Waals surface area contributed by atoms with E-state index in [0.717, 1.165) is 5.56 Å². The second-order valence-corrected chi connectivity index (χ2v) is 5.96. The van der Waals surface area contributed by atoms with Gasteiger partial charge < -0.3 is 22.0 Å². The number of nitrogen functional groups attached to an aromatic ring is 2. The highest BCUT2D eigenvalue weighted by atomic mass is 16.5. The number of nitrogens with two attached hydrogens (primary N) is 3. The van der Waals surface area contributed by atoms with Crippen molar-refractivity contribution in [1.82, 2.24) is 4.68 Å². The Kier molecular flexibility index (Phi) is 5.00. The van der Waals surface area contributed by atoms with Gasteiger partial charge in [0.05, 0.1) is 5.56 Å². The summed E-state index contributed by atoms with van der Waals surface area (Å²) < 4.78 is 6.26. The van der Waals surface area contributed by atoms with Crippen LogP contribution in [-0.2, 0) is 6.61 Å². The molecule has 28 heavy (non-hydrogen) atoms. The molecular formula is C20H17N5O3. The van der Waals surface area contributed by atoms with Gasteiger partial charge in [-0.15, -0.1) is 0 Å². The van der Waals surface area contributed by atoms with Crippen LogP contribution in [0.1, 0.15) is 21.5 Å². The maximum Gasteiger partial charge on any atom is 0.289 e. The van der Waals surface area contributed by atoms with Crippen molar-refractivity contribution in [2.45, 2.75) is 6.61 Å². The second kappa shape index (κ2) is 7.55. The molecular weight excluding hydrogens is 358 g/mol. The molecule has 0 saturated carbocycles. The molecule has 0 spiro atoms. The van der Waals surface area contributed by atoms with Gasteiger partial charge in [0.2, 0.25) is 0 Å². The Hall–Kier alpha value is -4.25. The van der Waals surface area contributed by atoms with E-state index in [9.17, 15) is 14.9 Å². The summed E-state index contributed by atoms with van der Waals surface area (Å²) >= 11 is 0. The standard InChI is InChI=1S/C20H17N5O3/c21-10-15-16(17(19(23)26)18(22)25(24)20(15)27)13-6-8-14(9-7-13)28-11-12-4-2-1-3-5-12/h1-9H,11,22,24H2,(H2,23,26). The minimum Gasteiger partial charge on any atom is -0.489 e. The van der Waals surface area contributed by atoms with Gasteiger partial charge in [-0.05, 0) is 23.3 Å². The molecule has 1 amide bonds. The largest absolute Gasteiger partial charge is 0.489 e. The quantitative estimate of drug-likeness (QED) is 0.573. The predicted octanol–water partition coefficient (Wildman–Crippen LogP) is 1.36. The summed E-state index contributed by atoms with van der Waals surface area (Å²) in [5, 5.41) is 9.41. The third-order valence-electron chi connectivity index (χ3n) is 4.20. The maximum absolute atomic E-state index is 12.3. The number of pyridine rings is 1. The number of nitriles is 1. The lowest BCUT2D eigenvalue weighted by molar-refractivity contribution is 0.100. The van der Waals surface area contributed by atoms with Crippen molar-refractivity contribution in [2.75, 3.05) is 11.6 Å². The van der Waals surface area contributed by atoms with E-state index < -0.39 is 11.5 Å². The Labute approximate surface area is 160 Å². The molecule has 8 nitrogen and oxygen atoms in total. The van der Waals surface area contributed by atoms with Gasteiger partial charge in [0.1, 0.15) is 29.8 Å². The molecule has 8 heteroatoms. The van der Waals surface area contributed by atoms with Gasteiger partial charge in [0.25, 0.3) is 11.5 Å². The van der Waals surface area contributed by atoms with Gasteiger partial charge in [0, 0.05) is 5.56 Å². The molecule has 0 aliphatic rings. The monoisotopic (exact) mass is 375 g/mol. The summed E-state index contributed by atoms with van der Waals surface area (Å²) in [6.45, 7) is 0.381. The summed E-state index contributed by atoms with van der Waals surface area (Å²) in [5.74, 6) is 4.93. The lowest BCUT2D eigenvalue weighted by Crippen LogP contribution is -2.35. The van der Waals surface area contributed by atoms with Crippen molar-refractivity contribution in [1.29, 1.82) is 5.26 Å². The number of carbonyl (C=O) groups is 1. The summed E-state index contributed by atoms with van der Waals surface area (Å²) in [6.07, 6.45) is 0. The van der Waals surface area contributed by atoms with Crippen molar-refractivity contribution in [3.8, 4) is 22.9 Å². The van der Waals surface area contributed by atoms with E-state index in [0.29, 0.717) is 22.6 Å². The molecule has 0 unspecified atom stereocenters. The first-order chi connectivity index (χ1) is 13.4. The van der Waals surface area contributed by atoms with Crippen LogP contribution >= 0.6 is 0 Å². The fourth-order valence-corrected chi connectivity index (χ4v) is 2.81. The zero-order chi connectivity index (χ0) is 20.3. The van der Waals surface area contributed by atoms with Crippen LogP contribution in [0, 0.1) is 11.3 Å². The van der Waals surface area contributed by atoms with Gasteiger partial charge >= 0.3 is 0 Å². The molecule has 3 aromatic rings. The SMILES string of the molecule is N#Cc1c(-c2ccc(OCc3ccccc3)cc2)c(C(N)=O)c(N)n(N)c1=O. The lowest BCUT2D eigenvalue weighted by Gasteiger charge is -2.15. The molecule has 140 valence electrons. The van der Waals surface area contributed by atoms with Crippen LogP contribution in [0.5, 0.6) is 5.75 Å². The summed E-state index contributed by atoms with van der Waals surface area (Å²) in [4.78, 5) is 24.2. The van der Waals surface area contributed by atoms with Crippen molar-refractivity contribution in [3.63, 3.8) is 0 Å². The number of aromatic nitrogens is 1. The number of hydrogen-bond donors (Lipinski definition) is 3. The molecule has 0 aliphatic heterocycles. The van der Waals surface area contributed by atoms with E-state index in [1.165, 1.54) is 0 Å². The fraction of sp³-hybridized carbons (Fsp3) is 0.0500. The molecule has 3 rings (SSSR count). The first kappa shape index (κ1) is 18.5. The first-order valence-corrected chi connectivity index (χ1v) is 8.24. The van der Waals surface area contributed by atoms with Gasteiger partial charge in [0.15, 0.2) is 0 Å². The number of hydrogen-bond acceptors (Lipinski definition) is 6. The fourth-order valence-electron chi connectivity index (χ4n) is 2.81. The third kappa shape index (κ3) is 3.37. The molecule has 0 radical (unpaired) electrons. The molecule has 0 saturated heterocycles. The molecule has 1 aromatic heterocycles. The van der Waals surface area contributed by atoms with E-state index in [-0.39, 0.29) is 22.5 Å². The highest BCUT2D eigenvalue weighted by Gasteiger charge is 2.24. The van der Waals surface area contributed by atoms with Crippen molar-refractivity contribution in [2.24, 2.45) is 5.73 Å². The number of nitrogens with zero attached hydrogens (tertiary/aromatic N) is 2. The Morgan fingerprint density at radius 3 is 2.32 bits per heavy atom. The maximum atomic E-state index is 12.3. The van der Waals surface area contributed by atoms with E-state index >= 15 is 0 Å². The van der Waals surface area contributed by atoms with Crippen molar-refractivity contribution < 1.29 is 9.53 Å². The van der Waals surface area contributed by atoms with Crippen LogP contribution < -0.4 is 27.6 Å². The van der Waals surface area contributed by atoms with Gasteiger partial charge in [-0.1, -0.05) is 42.5 Å². The van der Waals surface area contributed by atoms with Crippen molar-refractivity contribution in [3.05, 3.63) is 81.6 Å². The second-order valence-electron chi connectivity index (χ2n) is 5.96. The highest BCUT2D eigenvalue weighted by Crippen LogP contribution is 2.30. The predicted molar refractivity (Wildman–Crippen MR) is 105 cm³/mol. The van der Waals surface area contributed by atoms with E-state index in [1.54, 1.807) is 30.3 Å². The summed E-state index contributed by atoms with van der Waals surface area (Å²) in [6, 6.07) is 18.0. The number of ether oxygens (including phenoxy) is 1. The Bertz CT molecular complexity index is 1130. The molecule has 0 fully saturated rings. The van der Waals surface area contributed by atoms with Gasteiger partial charge in [-0.25, -0.2) is 4.68 Å². The Morgan fingerprint density at radius 2 is 1.75 bits per heavy atom. The Morgan fingerprint density at radius 1 is 1.11 bits per heavy atom. The third-order valence-corrected chi connectivity index (χ3v) is 4.20. The van der Waals surface area contributed by atoms with E-state index in [1.807, 2.05) is 30.3 Å². The average Bonchev–Trinajstić information content (AvgIpc) is 2.71. The van der Waals surface area contributed by atoms with Crippen molar-refractivity contribution >= 4 is 11.7 Å². The number of anilines is 1. The molecule has 0 bridgehead atoms. The molecule has 1 heterocycles. The number of primary amides is 1. The Balaban J connectivity index is 2.01. The minimum atomic E-state index is -0.896. The van der Waals surface area contributed by atoms with Crippen LogP contribution in [-0.4, -0.2) is 10.6 Å². The highest BCUT2D eigenvalue weighted by molar-refractivity contribution is 6.05. The van der Waals surface area contributed by atoms with Crippen LogP contribution in [0.3, 0.4) is 0 Å². The number of amides is 1. The normalized spacial score (nSPS) is 10.2. The molecule has 0 atom stereocenters. The van der Waals surface area contributed by atoms with Crippen LogP contribution in [0.2, 0.25) is 0 Å². The van der Waals surface area contributed by atoms with Gasteiger partial charge in [-0.2, -0.15) is 5.26 Å². The molecule has 2 aromatic carbocycles. The lowest BCUT2D eigenvalue weighted by atomic mass is 9.95. The van der Waals surface area contributed by atoms with E-state index in [4.69, 9.17) is 22.0 Å². The zero-order valence-corrected chi connectivity index (χ0v) is 14.8. The summed E-state index contributed by atoms with van der Waals surface area (Å²) in [5.41, 5.74) is 11.4. The van der Waals surface area contributed by atoms with Crippen LogP contribution in [0.15, 0.2) is 59.4 Å². The zero-order valence-electron chi connectivity index (χ0n) is 14.8. The van der Waals surface area contributed by atoms with E-state index in [2.05, 4.69) is 0 Å². The van der Waals surface area contributed by atoms with Crippen LogP contribution in [0.4, 0.5) is 5.82 Å². The molecule has 0 aliphatic carbocycles. The van der Waals surface area contributed by atoms with Crippen LogP contribution in [0.25, 0.3) is 11.1 Å². The number of benzene rings is 2. The smallest absolute Gasteiger partial charge is 0.289 e. The minimum absolute atomic E-state index is 0.0498. The van der Waals surface area contributed by atoms with Gasteiger partial charge in [-0.3, -0.25) is 9.59 Å². The number of rotatable bonds is 5. The molecule has 6 N–H and O–H groups in total. The number of carbonyl (C=O) groups excluding carboxylic acids is 1.